The van der Waals surface area contributed by atoms with Crippen LogP contribution in [0.1, 0.15) is 11.1 Å². The second kappa shape index (κ2) is 7.11. The van der Waals surface area contributed by atoms with Gasteiger partial charge in [-0.2, -0.15) is 0 Å². The number of anilines is 2. The highest BCUT2D eigenvalue weighted by Gasteiger charge is 2.13. The van der Waals surface area contributed by atoms with Gasteiger partial charge in [-0.05, 0) is 37.6 Å². The number of benzene rings is 2. The molecule has 1 amide bonds. The molecule has 0 spiro atoms. The first kappa shape index (κ1) is 16.8. The summed E-state index contributed by atoms with van der Waals surface area (Å²) in [6, 6.07) is 9.94. The highest BCUT2D eigenvalue weighted by Crippen LogP contribution is 2.25. The second-order valence-corrected chi connectivity index (χ2v) is 5.48. The van der Waals surface area contributed by atoms with Crippen LogP contribution in [0, 0.1) is 24.0 Å². The van der Waals surface area contributed by atoms with Crippen molar-refractivity contribution in [2.45, 2.75) is 13.8 Å². The number of nitro benzene ring substituents is 1. The van der Waals surface area contributed by atoms with E-state index in [1.807, 2.05) is 13.0 Å². The molecule has 2 rings (SSSR count). The number of halogens is 1. The third-order valence-corrected chi connectivity index (χ3v) is 3.80. The van der Waals surface area contributed by atoms with Gasteiger partial charge in [0, 0.05) is 28.0 Å². The zero-order chi connectivity index (χ0) is 17.0. The molecule has 0 bridgehead atoms. The van der Waals surface area contributed by atoms with Gasteiger partial charge in [-0.3, -0.25) is 14.9 Å². The molecular weight excluding hydrogens is 318 g/mol. The zero-order valence-electron chi connectivity index (χ0n) is 12.7. The molecule has 0 aliphatic heterocycles. The molecule has 6 nitrogen and oxygen atoms in total. The third-order valence-electron chi connectivity index (χ3n) is 3.40. The van der Waals surface area contributed by atoms with Gasteiger partial charge in [0.1, 0.15) is 0 Å². The van der Waals surface area contributed by atoms with Crippen LogP contribution in [0.5, 0.6) is 0 Å². The van der Waals surface area contributed by atoms with Crippen LogP contribution >= 0.6 is 11.6 Å². The number of hydrogen-bond donors (Lipinski definition) is 2. The summed E-state index contributed by atoms with van der Waals surface area (Å²) >= 11 is 6.01. The molecule has 0 saturated carbocycles. The number of carbonyl (C=O) groups excluding carboxylic acids is 1. The Kier molecular flexibility index (Phi) is 5.18. The van der Waals surface area contributed by atoms with E-state index in [9.17, 15) is 14.9 Å². The number of hydrogen-bond acceptors (Lipinski definition) is 4. The van der Waals surface area contributed by atoms with Crippen LogP contribution in [0.4, 0.5) is 17.1 Å². The molecule has 2 aromatic rings. The number of nitro groups is 1. The summed E-state index contributed by atoms with van der Waals surface area (Å²) in [5, 5.41) is 17.1. The molecule has 120 valence electrons. The zero-order valence-corrected chi connectivity index (χ0v) is 13.5. The van der Waals surface area contributed by atoms with Crippen molar-refractivity contribution < 1.29 is 9.72 Å². The van der Waals surface area contributed by atoms with E-state index in [2.05, 4.69) is 10.6 Å². The van der Waals surface area contributed by atoms with E-state index in [-0.39, 0.29) is 18.1 Å². The van der Waals surface area contributed by atoms with Crippen molar-refractivity contribution in [3.63, 3.8) is 0 Å². The predicted molar refractivity (Wildman–Crippen MR) is 91.1 cm³/mol. The Morgan fingerprint density at radius 2 is 2.00 bits per heavy atom. The average Bonchev–Trinajstić information content (AvgIpc) is 2.49. The van der Waals surface area contributed by atoms with E-state index in [4.69, 9.17) is 11.6 Å². The molecule has 2 aromatic carbocycles. The van der Waals surface area contributed by atoms with Crippen molar-refractivity contribution in [2.75, 3.05) is 17.2 Å². The number of carbonyl (C=O) groups is 1. The van der Waals surface area contributed by atoms with E-state index in [0.29, 0.717) is 22.0 Å². The van der Waals surface area contributed by atoms with Crippen LogP contribution in [-0.2, 0) is 4.79 Å². The Morgan fingerprint density at radius 3 is 2.65 bits per heavy atom. The predicted octanol–water partition coefficient (Wildman–Crippen LogP) is 3.92. The minimum atomic E-state index is -0.450. The van der Waals surface area contributed by atoms with Gasteiger partial charge >= 0.3 is 0 Å². The van der Waals surface area contributed by atoms with Gasteiger partial charge in [0.15, 0.2) is 0 Å². The lowest BCUT2D eigenvalue weighted by Crippen LogP contribution is -2.22. The van der Waals surface area contributed by atoms with Crippen LogP contribution in [0.3, 0.4) is 0 Å². The molecule has 0 fully saturated rings. The lowest BCUT2D eigenvalue weighted by Gasteiger charge is -2.10. The Labute approximate surface area is 138 Å². The fourth-order valence-electron chi connectivity index (χ4n) is 2.06. The topological polar surface area (TPSA) is 84.3 Å². The van der Waals surface area contributed by atoms with Crippen LogP contribution < -0.4 is 10.6 Å². The molecule has 0 aliphatic rings. The van der Waals surface area contributed by atoms with Crippen molar-refractivity contribution in [3.8, 4) is 0 Å². The monoisotopic (exact) mass is 333 g/mol. The number of nitrogens with zero attached hydrogens (tertiary/aromatic N) is 1. The fourth-order valence-corrected chi connectivity index (χ4v) is 2.24. The normalized spacial score (nSPS) is 10.2. The smallest absolute Gasteiger partial charge is 0.274 e. The number of aryl methyl sites for hydroxylation is 1. The van der Waals surface area contributed by atoms with Gasteiger partial charge in [0.2, 0.25) is 5.91 Å². The SMILES string of the molecule is Cc1ccc(NC(=O)CNc2cccc([N+](=O)[O-])c2C)cc1Cl. The Bertz CT molecular complexity index is 762. The van der Waals surface area contributed by atoms with Gasteiger partial charge in [-0.15, -0.1) is 0 Å². The van der Waals surface area contributed by atoms with Crippen LogP contribution in [0.2, 0.25) is 5.02 Å². The summed E-state index contributed by atoms with van der Waals surface area (Å²) in [6.07, 6.45) is 0. The Balaban J connectivity index is 2.00. The first-order valence-electron chi connectivity index (χ1n) is 6.92. The third kappa shape index (κ3) is 4.20. The van der Waals surface area contributed by atoms with E-state index >= 15 is 0 Å². The molecule has 0 heterocycles. The van der Waals surface area contributed by atoms with Gasteiger partial charge in [0.25, 0.3) is 5.69 Å². The largest absolute Gasteiger partial charge is 0.376 e. The van der Waals surface area contributed by atoms with Crippen molar-refractivity contribution in [1.29, 1.82) is 0 Å². The highest BCUT2D eigenvalue weighted by molar-refractivity contribution is 6.31. The quantitative estimate of drug-likeness (QED) is 0.641. The minimum absolute atomic E-state index is 0.00645. The van der Waals surface area contributed by atoms with E-state index in [1.165, 1.54) is 6.07 Å². The number of amides is 1. The molecule has 7 heteroatoms. The lowest BCUT2D eigenvalue weighted by atomic mass is 10.1. The van der Waals surface area contributed by atoms with Crippen LogP contribution in [0.25, 0.3) is 0 Å². The fraction of sp³-hybridized carbons (Fsp3) is 0.188. The summed E-state index contributed by atoms with van der Waals surface area (Å²) in [7, 11) is 0. The molecule has 0 atom stereocenters. The maximum atomic E-state index is 12.0. The summed E-state index contributed by atoms with van der Waals surface area (Å²) in [5.41, 5.74) is 2.58. The standard InChI is InChI=1S/C16H16ClN3O3/c1-10-6-7-12(8-13(10)17)19-16(21)9-18-14-4-3-5-15(11(14)2)20(22)23/h3-8,18H,9H2,1-2H3,(H,19,21). The maximum absolute atomic E-state index is 12.0. The van der Waals surface area contributed by atoms with Crippen molar-refractivity contribution in [1.82, 2.24) is 0 Å². The van der Waals surface area contributed by atoms with Crippen molar-refractivity contribution >= 4 is 34.6 Å². The van der Waals surface area contributed by atoms with Gasteiger partial charge in [0.05, 0.1) is 11.5 Å². The van der Waals surface area contributed by atoms with Gasteiger partial charge < -0.3 is 10.6 Å². The van der Waals surface area contributed by atoms with Crippen LogP contribution in [0.15, 0.2) is 36.4 Å². The minimum Gasteiger partial charge on any atom is -0.376 e. The molecule has 0 aromatic heterocycles. The number of nitrogens with one attached hydrogen (secondary N) is 2. The summed E-state index contributed by atoms with van der Waals surface area (Å²) in [4.78, 5) is 22.4. The van der Waals surface area contributed by atoms with E-state index < -0.39 is 4.92 Å². The lowest BCUT2D eigenvalue weighted by molar-refractivity contribution is -0.385. The van der Waals surface area contributed by atoms with Crippen molar-refractivity contribution in [3.05, 3.63) is 62.7 Å². The van der Waals surface area contributed by atoms with E-state index in [0.717, 1.165) is 5.56 Å². The highest BCUT2D eigenvalue weighted by atomic mass is 35.5. The average molecular weight is 334 g/mol. The maximum Gasteiger partial charge on any atom is 0.274 e. The molecule has 0 aliphatic carbocycles. The molecule has 0 saturated heterocycles. The van der Waals surface area contributed by atoms with Crippen molar-refractivity contribution in [2.24, 2.45) is 0 Å². The van der Waals surface area contributed by atoms with Crippen LogP contribution in [-0.4, -0.2) is 17.4 Å². The Morgan fingerprint density at radius 1 is 1.26 bits per heavy atom. The summed E-state index contributed by atoms with van der Waals surface area (Å²) in [5.74, 6) is -0.268. The van der Waals surface area contributed by atoms with Gasteiger partial charge in [-0.1, -0.05) is 23.7 Å². The molecule has 2 N–H and O–H groups in total. The summed E-state index contributed by atoms with van der Waals surface area (Å²) < 4.78 is 0. The number of rotatable bonds is 5. The molecule has 23 heavy (non-hydrogen) atoms. The second-order valence-electron chi connectivity index (χ2n) is 5.07. The van der Waals surface area contributed by atoms with E-state index in [1.54, 1.807) is 31.2 Å². The molecule has 0 unspecified atom stereocenters. The first-order chi connectivity index (χ1) is 10.9. The van der Waals surface area contributed by atoms with Gasteiger partial charge in [-0.25, -0.2) is 0 Å². The first-order valence-corrected chi connectivity index (χ1v) is 7.30. The molecule has 0 radical (unpaired) electrons. The summed E-state index contributed by atoms with van der Waals surface area (Å²) in [6.45, 7) is 3.51. The molecular formula is C16H16ClN3O3. The Hall–Kier alpha value is -2.60.